The van der Waals surface area contributed by atoms with Crippen LogP contribution in [0.4, 0.5) is 0 Å². The number of benzene rings is 1. The Hall–Kier alpha value is -0.570. The zero-order valence-corrected chi connectivity index (χ0v) is 10.5. The van der Waals surface area contributed by atoms with Gasteiger partial charge < -0.3 is 9.84 Å². The lowest BCUT2D eigenvalue weighted by Crippen LogP contribution is -2.47. The summed E-state index contributed by atoms with van der Waals surface area (Å²) < 4.78 is 5.45. The van der Waals surface area contributed by atoms with Crippen LogP contribution in [0.1, 0.15) is 30.4 Å². The number of fused-ring (bicyclic) bond motifs is 2. The van der Waals surface area contributed by atoms with E-state index in [0.29, 0.717) is 0 Å². The Labute approximate surface area is 107 Å². The van der Waals surface area contributed by atoms with Crippen molar-refractivity contribution in [2.24, 2.45) is 0 Å². The molecule has 1 N–H and O–H groups in total. The fraction of sp³-hybridized carbons (Fsp3) is 0.571. The van der Waals surface area contributed by atoms with Crippen molar-refractivity contribution in [2.75, 3.05) is 13.2 Å². The lowest BCUT2D eigenvalue weighted by Gasteiger charge is -2.45. The third kappa shape index (κ3) is 1.79. The summed E-state index contributed by atoms with van der Waals surface area (Å²) in [6.45, 7) is 1.48. The largest absolute Gasteiger partial charge is 0.392 e. The number of rotatable bonds is 0. The minimum absolute atomic E-state index is 0.114. The molecule has 1 spiro atoms. The van der Waals surface area contributed by atoms with E-state index in [1.54, 1.807) is 0 Å². The summed E-state index contributed by atoms with van der Waals surface area (Å²) in [5.74, 6) is 0. The second-order valence-electron chi connectivity index (χ2n) is 5.12. The van der Waals surface area contributed by atoms with Crippen molar-refractivity contribution in [1.82, 2.24) is 0 Å². The van der Waals surface area contributed by atoms with Gasteiger partial charge in [0.05, 0.1) is 6.10 Å². The van der Waals surface area contributed by atoms with Gasteiger partial charge in [0.15, 0.2) is 0 Å². The summed E-state index contributed by atoms with van der Waals surface area (Å²) in [5.41, 5.74) is 2.49. The average molecular weight is 253 g/mol. The summed E-state index contributed by atoms with van der Waals surface area (Å²) in [6, 6.07) is 6.11. The average Bonchev–Trinajstić information content (AvgIpc) is 2.36. The summed E-state index contributed by atoms with van der Waals surface area (Å²) in [7, 11) is 0. The first-order chi connectivity index (χ1) is 8.22. The van der Waals surface area contributed by atoms with E-state index in [4.69, 9.17) is 16.3 Å². The van der Waals surface area contributed by atoms with E-state index in [1.165, 1.54) is 11.1 Å². The van der Waals surface area contributed by atoms with Crippen LogP contribution in [0, 0.1) is 0 Å². The molecule has 1 unspecified atom stereocenters. The molecule has 0 aromatic heterocycles. The van der Waals surface area contributed by atoms with Gasteiger partial charge >= 0.3 is 0 Å². The van der Waals surface area contributed by atoms with Crippen LogP contribution in [0.3, 0.4) is 0 Å². The minimum Gasteiger partial charge on any atom is -0.392 e. The van der Waals surface area contributed by atoms with Crippen LogP contribution in [0.25, 0.3) is 0 Å². The van der Waals surface area contributed by atoms with Crippen molar-refractivity contribution < 1.29 is 9.84 Å². The second kappa shape index (κ2) is 4.27. The number of aliphatic hydroxyl groups is 1. The highest BCUT2D eigenvalue weighted by Crippen LogP contribution is 2.45. The van der Waals surface area contributed by atoms with Gasteiger partial charge in [-0.05, 0) is 48.9 Å². The molecule has 1 aromatic rings. The lowest BCUT2D eigenvalue weighted by atomic mass is 9.64. The molecule has 0 radical (unpaired) electrons. The molecule has 1 aliphatic heterocycles. The molecule has 1 atom stereocenters. The van der Waals surface area contributed by atoms with E-state index < -0.39 is 0 Å². The Morgan fingerprint density at radius 1 is 1.29 bits per heavy atom. The van der Waals surface area contributed by atoms with Crippen LogP contribution in [-0.4, -0.2) is 24.4 Å². The number of hydrogen-bond donors (Lipinski definition) is 1. The highest BCUT2D eigenvalue weighted by atomic mass is 35.5. The maximum atomic E-state index is 10.4. The van der Waals surface area contributed by atoms with Gasteiger partial charge in [0.2, 0.25) is 0 Å². The summed E-state index contributed by atoms with van der Waals surface area (Å²) in [6.07, 6.45) is 3.37. The molecule has 1 aromatic carbocycles. The molecular weight excluding hydrogens is 236 g/mol. The van der Waals surface area contributed by atoms with Gasteiger partial charge in [0.25, 0.3) is 0 Å². The third-order valence-electron chi connectivity index (χ3n) is 4.32. The first-order valence-electron chi connectivity index (χ1n) is 6.27. The topological polar surface area (TPSA) is 29.5 Å². The normalized spacial score (nSPS) is 26.8. The Balaban J connectivity index is 2.11. The predicted octanol–water partition coefficient (Wildman–Crippen LogP) is 2.70. The van der Waals surface area contributed by atoms with E-state index in [2.05, 4.69) is 6.07 Å². The standard InChI is InChI=1S/C14H17ClO2/c15-11-3-1-10-2-4-13(16)14(12(10)9-11)5-7-17-8-6-14/h1,3,9,13,16H,2,4-8H2. The quantitative estimate of drug-likeness (QED) is 0.769. The van der Waals surface area contributed by atoms with E-state index in [9.17, 15) is 5.11 Å². The molecule has 1 fully saturated rings. The maximum Gasteiger partial charge on any atom is 0.0641 e. The Morgan fingerprint density at radius 2 is 2.06 bits per heavy atom. The second-order valence-corrected chi connectivity index (χ2v) is 5.56. The number of halogens is 1. The van der Waals surface area contributed by atoms with Gasteiger partial charge in [-0.25, -0.2) is 0 Å². The molecule has 3 heteroatoms. The van der Waals surface area contributed by atoms with E-state index in [-0.39, 0.29) is 11.5 Å². The first kappa shape index (κ1) is 11.5. The van der Waals surface area contributed by atoms with Gasteiger partial charge in [-0.3, -0.25) is 0 Å². The van der Waals surface area contributed by atoms with Crippen LogP contribution in [-0.2, 0) is 16.6 Å². The first-order valence-corrected chi connectivity index (χ1v) is 6.65. The number of hydrogen-bond acceptors (Lipinski definition) is 2. The van der Waals surface area contributed by atoms with Crippen molar-refractivity contribution in [3.05, 3.63) is 34.3 Å². The fourth-order valence-electron chi connectivity index (χ4n) is 3.32. The molecule has 1 saturated heterocycles. The van der Waals surface area contributed by atoms with Gasteiger partial charge in [0.1, 0.15) is 0 Å². The van der Waals surface area contributed by atoms with E-state index in [0.717, 1.165) is 43.9 Å². The van der Waals surface area contributed by atoms with Gasteiger partial charge in [-0.2, -0.15) is 0 Å². The SMILES string of the molecule is OC1CCc2ccc(Cl)cc2C12CCOCC2. The molecule has 2 nitrogen and oxygen atoms in total. The number of ether oxygens (including phenoxy) is 1. The van der Waals surface area contributed by atoms with Crippen LogP contribution in [0.15, 0.2) is 18.2 Å². The number of aryl methyl sites for hydroxylation is 1. The van der Waals surface area contributed by atoms with Crippen LogP contribution in [0.5, 0.6) is 0 Å². The summed E-state index contributed by atoms with van der Waals surface area (Å²) in [4.78, 5) is 0. The van der Waals surface area contributed by atoms with Crippen LogP contribution >= 0.6 is 11.6 Å². The van der Waals surface area contributed by atoms with Crippen molar-refractivity contribution in [1.29, 1.82) is 0 Å². The zero-order chi connectivity index (χ0) is 11.9. The van der Waals surface area contributed by atoms with Gasteiger partial charge in [-0.1, -0.05) is 17.7 Å². The van der Waals surface area contributed by atoms with E-state index in [1.807, 2.05) is 12.1 Å². The Morgan fingerprint density at radius 3 is 2.82 bits per heavy atom. The minimum atomic E-state index is -0.252. The predicted molar refractivity (Wildman–Crippen MR) is 67.5 cm³/mol. The van der Waals surface area contributed by atoms with Crippen LogP contribution < -0.4 is 0 Å². The van der Waals surface area contributed by atoms with Gasteiger partial charge in [0, 0.05) is 23.7 Å². The smallest absolute Gasteiger partial charge is 0.0641 e. The molecule has 0 saturated carbocycles. The van der Waals surface area contributed by atoms with Crippen molar-refractivity contribution in [3.63, 3.8) is 0 Å². The molecule has 1 aliphatic carbocycles. The molecule has 17 heavy (non-hydrogen) atoms. The molecule has 0 bridgehead atoms. The molecule has 0 amide bonds. The third-order valence-corrected chi connectivity index (χ3v) is 4.55. The Kier molecular flexibility index (Phi) is 2.89. The molecule has 2 aliphatic rings. The highest BCUT2D eigenvalue weighted by Gasteiger charge is 2.44. The van der Waals surface area contributed by atoms with Crippen molar-refractivity contribution in [3.8, 4) is 0 Å². The lowest BCUT2D eigenvalue weighted by molar-refractivity contribution is -0.0237. The zero-order valence-electron chi connectivity index (χ0n) is 9.79. The van der Waals surface area contributed by atoms with E-state index >= 15 is 0 Å². The fourth-order valence-corrected chi connectivity index (χ4v) is 3.49. The molecule has 3 rings (SSSR count). The van der Waals surface area contributed by atoms with Crippen LogP contribution in [0.2, 0.25) is 5.02 Å². The van der Waals surface area contributed by atoms with Crippen molar-refractivity contribution in [2.45, 2.75) is 37.2 Å². The summed E-state index contributed by atoms with van der Waals surface area (Å²) in [5, 5.41) is 11.2. The van der Waals surface area contributed by atoms with Crippen molar-refractivity contribution >= 4 is 11.6 Å². The Bertz CT molecular complexity index is 424. The molecule has 92 valence electrons. The molecule has 1 heterocycles. The summed E-state index contributed by atoms with van der Waals surface area (Å²) >= 11 is 6.11. The monoisotopic (exact) mass is 252 g/mol. The molecular formula is C14H17ClO2. The van der Waals surface area contributed by atoms with Gasteiger partial charge in [-0.15, -0.1) is 0 Å². The maximum absolute atomic E-state index is 10.4. The highest BCUT2D eigenvalue weighted by molar-refractivity contribution is 6.30. The number of aliphatic hydroxyl groups excluding tert-OH is 1.